The average molecular weight is 743 g/mol. The summed E-state index contributed by atoms with van der Waals surface area (Å²) in [6.07, 6.45) is 0.108. The molecule has 0 amide bonds. The molecule has 0 spiro atoms. The molecule has 6 aromatic carbocycles. The van der Waals surface area contributed by atoms with Gasteiger partial charge in [0.1, 0.15) is 6.10 Å². The van der Waals surface area contributed by atoms with Gasteiger partial charge in [-0.1, -0.05) is 181 Å². The smallest absolute Gasteiger partial charge is 0.102 e. The number of hydrogen-bond donors (Lipinski definition) is 2. The summed E-state index contributed by atoms with van der Waals surface area (Å²) in [5, 5.41) is 7.97. The molecule has 1 heterocycles. The molecule has 2 atom stereocenters. The molecule has 0 aromatic heterocycles. The van der Waals surface area contributed by atoms with Gasteiger partial charge >= 0.3 is 0 Å². The first kappa shape index (κ1) is 38.9. The van der Waals surface area contributed by atoms with Crippen molar-refractivity contribution in [1.29, 1.82) is 5.41 Å². The van der Waals surface area contributed by atoms with Gasteiger partial charge in [0.2, 0.25) is 0 Å². The van der Waals surface area contributed by atoms with Crippen LogP contribution < -0.4 is 10.6 Å². The minimum atomic E-state index is -0.0134. The zero-order chi connectivity index (χ0) is 35.1. The zero-order valence-corrected chi connectivity index (χ0v) is 30.1. The van der Waals surface area contributed by atoms with Gasteiger partial charge in [-0.2, -0.15) is 0 Å². The fraction of sp³-hybridized carbons (Fsp3) is 0.178. The van der Waals surface area contributed by atoms with Gasteiger partial charge in [-0.25, -0.2) is 0 Å². The second-order valence-electron chi connectivity index (χ2n) is 11.7. The summed E-state index contributed by atoms with van der Waals surface area (Å²) in [4.78, 5) is 2.47. The number of nitrogens with zero attached hydrogens (tertiary/aromatic N) is 1. The maximum atomic E-state index is 7.97. The molecule has 0 bridgehead atoms. The van der Waals surface area contributed by atoms with Crippen LogP contribution in [0.25, 0.3) is 0 Å². The summed E-state index contributed by atoms with van der Waals surface area (Å²) in [6.45, 7) is 1.36. The number of para-hydroxylation sites is 1. The van der Waals surface area contributed by atoms with Crippen LogP contribution in [0.1, 0.15) is 59.1 Å². The van der Waals surface area contributed by atoms with E-state index in [1.807, 2.05) is 84.9 Å². The normalized spacial score (nSPS) is 13.4. The van der Waals surface area contributed by atoms with E-state index in [1.165, 1.54) is 22.4 Å². The number of benzene rings is 6. The third-order valence-electron chi connectivity index (χ3n) is 8.66. The van der Waals surface area contributed by atoms with Gasteiger partial charge in [0.25, 0.3) is 0 Å². The standard InChI is InChI=1S/C22H21NO.C13H11N.C9H12BrNO.CH4/c1-24-21-16-23(20-15-9-8-14-19(20)21)22(17-10-4-2-5-11-17)18-12-6-3-7-13-18;14-13(11-7-3-1-4-8-11)12-9-5-2-6-10-12;1-12-9(6-11)7-4-2-3-5-8(7)10;/h2-15,21-22H,16H2,1H3;1-10,14H;2-5,9H,6,11H2,1H3;1H4. The highest BCUT2D eigenvalue weighted by molar-refractivity contribution is 9.10. The third-order valence-corrected chi connectivity index (χ3v) is 9.38. The molecule has 0 aliphatic carbocycles. The second-order valence-corrected chi connectivity index (χ2v) is 12.6. The highest BCUT2D eigenvalue weighted by Gasteiger charge is 2.34. The third kappa shape index (κ3) is 10.1. The van der Waals surface area contributed by atoms with E-state index < -0.39 is 0 Å². The Kier molecular flexibility index (Phi) is 15.4. The van der Waals surface area contributed by atoms with E-state index in [2.05, 4.69) is 106 Å². The lowest BCUT2D eigenvalue weighted by molar-refractivity contribution is 0.110. The Labute approximate surface area is 312 Å². The van der Waals surface area contributed by atoms with Gasteiger partial charge in [0.15, 0.2) is 0 Å². The second kappa shape index (κ2) is 20.1. The van der Waals surface area contributed by atoms with Crippen molar-refractivity contribution in [3.8, 4) is 0 Å². The van der Waals surface area contributed by atoms with Gasteiger partial charge in [0.05, 0.1) is 17.9 Å². The number of methoxy groups -OCH3 is 2. The Morgan fingerprint density at radius 1 is 0.686 bits per heavy atom. The molecule has 51 heavy (non-hydrogen) atoms. The highest BCUT2D eigenvalue weighted by atomic mass is 79.9. The molecule has 262 valence electrons. The van der Waals surface area contributed by atoms with Crippen molar-refractivity contribution in [3.63, 3.8) is 0 Å². The van der Waals surface area contributed by atoms with Crippen molar-refractivity contribution in [2.75, 3.05) is 32.2 Å². The summed E-state index contributed by atoms with van der Waals surface area (Å²) < 4.78 is 12.0. The molecular formula is C45H48BrN3O2. The highest BCUT2D eigenvalue weighted by Crippen LogP contribution is 2.43. The summed E-state index contributed by atoms with van der Waals surface area (Å²) in [6, 6.07) is 57.7. The van der Waals surface area contributed by atoms with Gasteiger partial charge in [-0.05, 0) is 39.9 Å². The fourth-order valence-electron chi connectivity index (χ4n) is 6.13. The van der Waals surface area contributed by atoms with E-state index >= 15 is 0 Å². The number of ether oxygens (including phenoxy) is 2. The monoisotopic (exact) mass is 741 g/mol. The molecular weight excluding hydrogens is 694 g/mol. The molecule has 6 heteroatoms. The first-order chi connectivity index (χ1) is 24.5. The SMILES string of the molecule is C.COC(CN)c1ccccc1Br.COC1CN(C(c2ccccc2)c2ccccc2)c2ccccc21.N=C(c1ccccc1)c1ccccc1. The Morgan fingerprint density at radius 3 is 1.61 bits per heavy atom. The van der Waals surface area contributed by atoms with Crippen molar-refractivity contribution >= 4 is 27.3 Å². The molecule has 1 aliphatic rings. The lowest BCUT2D eigenvalue weighted by Gasteiger charge is -2.31. The quantitative estimate of drug-likeness (QED) is 0.145. The average Bonchev–Trinajstić information content (AvgIpc) is 3.56. The summed E-state index contributed by atoms with van der Waals surface area (Å²) >= 11 is 3.44. The van der Waals surface area contributed by atoms with Crippen molar-refractivity contribution < 1.29 is 9.47 Å². The zero-order valence-electron chi connectivity index (χ0n) is 28.5. The van der Waals surface area contributed by atoms with E-state index in [-0.39, 0.29) is 25.7 Å². The van der Waals surface area contributed by atoms with Crippen LogP contribution in [0.2, 0.25) is 0 Å². The van der Waals surface area contributed by atoms with Crippen LogP contribution in [0.4, 0.5) is 5.69 Å². The van der Waals surface area contributed by atoms with Gasteiger partial charge < -0.3 is 20.1 Å². The lowest BCUT2D eigenvalue weighted by atomic mass is 9.97. The largest absolute Gasteiger partial charge is 0.375 e. The Hall–Kier alpha value is -4.85. The van der Waals surface area contributed by atoms with Crippen LogP contribution in [0, 0.1) is 5.41 Å². The lowest BCUT2D eigenvalue weighted by Crippen LogP contribution is -2.28. The number of halogens is 1. The molecule has 0 saturated carbocycles. The van der Waals surface area contributed by atoms with E-state index in [0.717, 1.165) is 27.7 Å². The molecule has 0 fully saturated rings. The van der Waals surface area contributed by atoms with Crippen molar-refractivity contribution in [2.24, 2.45) is 5.73 Å². The minimum absolute atomic E-state index is 0. The topological polar surface area (TPSA) is 71.6 Å². The van der Waals surface area contributed by atoms with E-state index in [9.17, 15) is 0 Å². The van der Waals surface area contributed by atoms with E-state index in [0.29, 0.717) is 12.3 Å². The number of anilines is 1. The molecule has 7 rings (SSSR count). The predicted molar refractivity (Wildman–Crippen MR) is 217 cm³/mol. The maximum absolute atomic E-state index is 7.97. The van der Waals surface area contributed by atoms with Crippen LogP contribution in [-0.2, 0) is 9.47 Å². The van der Waals surface area contributed by atoms with Gasteiger partial charge in [-0.15, -0.1) is 0 Å². The molecule has 3 N–H and O–H groups in total. The minimum Gasteiger partial charge on any atom is -0.375 e. The fourth-order valence-corrected chi connectivity index (χ4v) is 6.67. The number of hydrogen-bond acceptors (Lipinski definition) is 5. The van der Waals surface area contributed by atoms with Crippen LogP contribution in [0.5, 0.6) is 0 Å². The van der Waals surface area contributed by atoms with Crippen LogP contribution in [-0.4, -0.2) is 33.0 Å². The first-order valence-corrected chi connectivity index (χ1v) is 17.5. The first-order valence-electron chi connectivity index (χ1n) is 16.7. The van der Waals surface area contributed by atoms with Crippen molar-refractivity contribution in [1.82, 2.24) is 0 Å². The van der Waals surface area contributed by atoms with E-state index in [1.54, 1.807) is 14.2 Å². The predicted octanol–water partition coefficient (Wildman–Crippen LogP) is 10.8. The summed E-state index contributed by atoms with van der Waals surface area (Å²) in [5.74, 6) is 0. The van der Waals surface area contributed by atoms with Crippen molar-refractivity contribution in [3.05, 3.63) is 208 Å². The number of nitrogens with two attached hydrogens (primary N) is 1. The summed E-state index contributed by atoms with van der Waals surface area (Å²) in [7, 11) is 3.46. The number of nitrogens with one attached hydrogen (secondary N) is 1. The maximum Gasteiger partial charge on any atom is 0.102 e. The van der Waals surface area contributed by atoms with Crippen LogP contribution in [0.3, 0.4) is 0 Å². The number of rotatable bonds is 9. The summed E-state index contributed by atoms with van der Waals surface area (Å²) in [5.41, 5.74) is 14.3. The molecule has 0 saturated heterocycles. The van der Waals surface area contributed by atoms with Crippen LogP contribution in [0.15, 0.2) is 174 Å². The molecule has 5 nitrogen and oxygen atoms in total. The van der Waals surface area contributed by atoms with Gasteiger partial charge in [0, 0.05) is 43.0 Å². The van der Waals surface area contributed by atoms with Crippen molar-refractivity contribution in [2.45, 2.75) is 25.7 Å². The Morgan fingerprint density at radius 2 is 1.14 bits per heavy atom. The molecule has 2 unspecified atom stereocenters. The number of fused-ring (bicyclic) bond motifs is 1. The van der Waals surface area contributed by atoms with E-state index in [4.69, 9.17) is 20.6 Å². The molecule has 1 aliphatic heterocycles. The Bertz CT molecular complexity index is 1800. The van der Waals surface area contributed by atoms with Crippen LogP contribution >= 0.6 is 15.9 Å². The molecule has 6 aromatic rings. The molecule has 0 radical (unpaired) electrons. The van der Waals surface area contributed by atoms with Gasteiger partial charge in [-0.3, -0.25) is 5.41 Å². The Balaban J connectivity index is 0.000000185.